The number of rotatable bonds is 4. The Bertz CT molecular complexity index is 292. The van der Waals surface area contributed by atoms with Crippen molar-refractivity contribution in [3.8, 4) is 0 Å². The molecule has 4 heteroatoms. The van der Waals surface area contributed by atoms with Crippen molar-refractivity contribution in [3.63, 3.8) is 0 Å². The maximum absolute atomic E-state index is 12.3. The van der Waals surface area contributed by atoms with Gasteiger partial charge in [0, 0.05) is 18.3 Å². The first-order chi connectivity index (χ1) is 9.18. The van der Waals surface area contributed by atoms with Crippen LogP contribution in [-0.2, 0) is 4.79 Å². The average molecular weight is 284 g/mol. The lowest BCUT2D eigenvalue weighted by Crippen LogP contribution is -2.43. The number of hydrogen-bond donors (Lipinski definition) is 1. The fourth-order valence-electron chi connectivity index (χ4n) is 3.31. The van der Waals surface area contributed by atoms with Gasteiger partial charge in [-0.3, -0.25) is 4.79 Å². The van der Waals surface area contributed by atoms with E-state index >= 15 is 0 Å². The van der Waals surface area contributed by atoms with E-state index in [1.165, 1.54) is 38.5 Å². The highest BCUT2D eigenvalue weighted by Gasteiger charge is 2.28. The van der Waals surface area contributed by atoms with Gasteiger partial charge < -0.3 is 10.2 Å². The molecule has 1 saturated heterocycles. The van der Waals surface area contributed by atoms with E-state index in [0.29, 0.717) is 28.9 Å². The molecular weight excluding hydrogens is 256 g/mol. The minimum Gasteiger partial charge on any atom is -0.342 e. The van der Waals surface area contributed by atoms with E-state index in [4.69, 9.17) is 0 Å². The van der Waals surface area contributed by atoms with E-state index in [9.17, 15) is 4.79 Å². The Morgan fingerprint density at radius 3 is 2.58 bits per heavy atom. The number of thioether (sulfide) groups is 1. The van der Waals surface area contributed by atoms with Gasteiger partial charge in [-0.05, 0) is 44.7 Å². The quantitative estimate of drug-likeness (QED) is 0.861. The van der Waals surface area contributed by atoms with Crippen molar-refractivity contribution in [2.24, 2.45) is 5.92 Å². The lowest BCUT2D eigenvalue weighted by Gasteiger charge is -2.36. The summed E-state index contributed by atoms with van der Waals surface area (Å²) in [6.07, 6.45) is 7.52. The van der Waals surface area contributed by atoms with Crippen molar-refractivity contribution < 1.29 is 4.79 Å². The summed E-state index contributed by atoms with van der Waals surface area (Å²) in [4.78, 5) is 14.4. The normalized spacial score (nSPS) is 29.2. The summed E-state index contributed by atoms with van der Waals surface area (Å²) in [5, 5.41) is 4.06. The molecule has 2 unspecified atom stereocenters. The first-order valence-electron chi connectivity index (χ1n) is 7.76. The van der Waals surface area contributed by atoms with Crippen molar-refractivity contribution >= 4 is 17.7 Å². The molecule has 1 aliphatic heterocycles. The Hall–Kier alpha value is -0.220. The average Bonchev–Trinajstić information content (AvgIpc) is 2.45. The molecule has 1 saturated carbocycles. The third-order valence-corrected chi connectivity index (χ3v) is 6.04. The predicted octanol–water partition coefficient (Wildman–Crippen LogP) is 2.51. The van der Waals surface area contributed by atoms with Crippen molar-refractivity contribution in [2.45, 2.75) is 56.7 Å². The summed E-state index contributed by atoms with van der Waals surface area (Å²) in [7, 11) is 2.01. The van der Waals surface area contributed by atoms with Gasteiger partial charge in [-0.1, -0.05) is 19.8 Å². The second-order valence-electron chi connectivity index (χ2n) is 6.09. The van der Waals surface area contributed by atoms with Crippen molar-refractivity contribution in [1.82, 2.24) is 10.2 Å². The van der Waals surface area contributed by atoms with Crippen LogP contribution in [0, 0.1) is 5.92 Å². The number of nitrogens with one attached hydrogen (secondary N) is 1. The molecule has 2 rings (SSSR count). The van der Waals surface area contributed by atoms with Gasteiger partial charge in [0.25, 0.3) is 0 Å². The minimum absolute atomic E-state index is 0.335. The van der Waals surface area contributed by atoms with Crippen molar-refractivity contribution in [2.75, 3.05) is 25.9 Å². The molecule has 0 bridgehead atoms. The molecule has 2 fully saturated rings. The number of carbonyl (C=O) groups excluding carboxylic acids is 1. The van der Waals surface area contributed by atoms with Gasteiger partial charge in [0.05, 0.1) is 5.75 Å². The first kappa shape index (κ1) is 15.2. The summed E-state index contributed by atoms with van der Waals surface area (Å²) < 4.78 is 0. The van der Waals surface area contributed by atoms with Crippen molar-refractivity contribution in [1.29, 1.82) is 0 Å². The van der Waals surface area contributed by atoms with Crippen LogP contribution < -0.4 is 5.32 Å². The van der Waals surface area contributed by atoms with E-state index in [1.807, 2.05) is 23.7 Å². The fourth-order valence-corrected chi connectivity index (χ4v) is 4.46. The summed E-state index contributed by atoms with van der Waals surface area (Å²) in [6.45, 7) is 4.52. The Morgan fingerprint density at radius 1 is 1.21 bits per heavy atom. The molecule has 1 N–H and O–H groups in total. The predicted molar refractivity (Wildman–Crippen MR) is 82.5 cm³/mol. The number of nitrogens with zero attached hydrogens (tertiary/aromatic N) is 1. The zero-order valence-corrected chi connectivity index (χ0v) is 13.2. The largest absolute Gasteiger partial charge is 0.342 e. The van der Waals surface area contributed by atoms with Crippen LogP contribution in [0.4, 0.5) is 0 Å². The highest BCUT2D eigenvalue weighted by Crippen LogP contribution is 2.28. The van der Waals surface area contributed by atoms with E-state index in [0.717, 1.165) is 13.1 Å². The standard InChI is InChI=1S/C15H28N2OS/c1-12-5-3-4-6-14(12)17(2)15(18)11-19-13-7-9-16-10-8-13/h12-14,16H,3-11H2,1-2H3. The molecule has 2 aliphatic rings. The van der Waals surface area contributed by atoms with Gasteiger partial charge in [-0.2, -0.15) is 0 Å². The molecular formula is C15H28N2OS. The zero-order chi connectivity index (χ0) is 13.7. The third-order valence-electron chi connectivity index (χ3n) is 4.69. The Morgan fingerprint density at radius 2 is 1.89 bits per heavy atom. The van der Waals surface area contributed by atoms with Crippen LogP contribution in [0.15, 0.2) is 0 Å². The molecule has 110 valence electrons. The lowest BCUT2D eigenvalue weighted by molar-refractivity contribution is -0.130. The molecule has 0 spiro atoms. The molecule has 0 aromatic heterocycles. The SMILES string of the molecule is CC1CCCCC1N(C)C(=O)CSC1CCNCC1. The molecule has 1 aliphatic carbocycles. The van der Waals surface area contributed by atoms with E-state index in [-0.39, 0.29) is 0 Å². The molecule has 19 heavy (non-hydrogen) atoms. The molecule has 2 atom stereocenters. The minimum atomic E-state index is 0.335. The molecule has 0 aromatic rings. The fraction of sp³-hybridized carbons (Fsp3) is 0.933. The second-order valence-corrected chi connectivity index (χ2v) is 7.38. The summed E-state index contributed by atoms with van der Waals surface area (Å²) in [6, 6.07) is 0.481. The van der Waals surface area contributed by atoms with Crippen LogP contribution in [0.3, 0.4) is 0 Å². The first-order valence-corrected chi connectivity index (χ1v) is 8.81. The van der Waals surface area contributed by atoms with Crippen LogP contribution in [0.25, 0.3) is 0 Å². The van der Waals surface area contributed by atoms with Gasteiger partial charge in [0.15, 0.2) is 0 Å². The number of hydrogen-bond acceptors (Lipinski definition) is 3. The van der Waals surface area contributed by atoms with E-state index in [1.54, 1.807) is 0 Å². The summed E-state index contributed by atoms with van der Waals surface area (Å²) in [5.41, 5.74) is 0. The van der Waals surface area contributed by atoms with Crippen LogP contribution in [0.2, 0.25) is 0 Å². The molecule has 1 amide bonds. The second kappa shape index (κ2) is 7.53. The highest BCUT2D eigenvalue weighted by molar-refractivity contribution is 8.00. The maximum atomic E-state index is 12.3. The topological polar surface area (TPSA) is 32.3 Å². The van der Waals surface area contributed by atoms with Gasteiger partial charge in [-0.25, -0.2) is 0 Å². The van der Waals surface area contributed by atoms with E-state index in [2.05, 4.69) is 12.2 Å². The number of piperidine rings is 1. The molecule has 0 radical (unpaired) electrons. The zero-order valence-electron chi connectivity index (χ0n) is 12.4. The molecule has 3 nitrogen and oxygen atoms in total. The third kappa shape index (κ3) is 4.38. The van der Waals surface area contributed by atoms with Gasteiger partial charge in [0.1, 0.15) is 0 Å². The van der Waals surface area contributed by atoms with Crippen molar-refractivity contribution in [3.05, 3.63) is 0 Å². The van der Waals surface area contributed by atoms with Gasteiger partial charge >= 0.3 is 0 Å². The van der Waals surface area contributed by atoms with E-state index < -0.39 is 0 Å². The van der Waals surface area contributed by atoms with Crippen LogP contribution >= 0.6 is 11.8 Å². The molecule has 0 aromatic carbocycles. The van der Waals surface area contributed by atoms with Crippen LogP contribution in [0.1, 0.15) is 45.4 Å². The Labute approximate surface area is 121 Å². The van der Waals surface area contributed by atoms with Gasteiger partial charge in [-0.15, -0.1) is 11.8 Å². The Balaban J connectivity index is 1.74. The monoisotopic (exact) mass is 284 g/mol. The summed E-state index contributed by atoms with van der Waals surface area (Å²) in [5.74, 6) is 1.68. The van der Waals surface area contributed by atoms with Gasteiger partial charge in [0.2, 0.25) is 5.91 Å². The van der Waals surface area contributed by atoms with Crippen LogP contribution in [0.5, 0.6) is 0 Å². The Kier molecular flexibility index (Phi) is 6.02. The van der Waals surface area contributed by atoms with Crippen LogP contribution in [-0.4, -0.2) is 48.0 Å². The lowest BCUT2D eigenvalue weighted by atomic mass is 9.85. The number of carbonyl (C=O) groups is 1. The summed E-state index contributed by atoms with van der Waals surface area (Å²) >= 11 is 1.87. The molecule has 1 heterocycles. The highest BCUT2D eigenvalue weighted by atomic mass is 32.2. The maximum Gasteiger partial charge on any atom is 0.232 e. The smallest absolute Gasteiger partial charge is 0.232 e. The number of amides is 1.